The molecule has 25 heavy (non-hydrogen) atoms. The van der Waals surface area contributed by atoms with Crippen molar-refractivity contribution in [1.82, 2.24) is 19.7 Å². The number of H-pyrrole nitrogens is 1. The molecule has 0 atom stereocenters. The van der Waals surface area contributed by atoms with Crippen LogP contribution in [0.4, 0.5) is 5.82 Å². The van der Waals surface area contributed by atoms with E-state index in [4.69, 9.17) is 0 Å². The molecular formula is C17H16BrN5O2. The number of amides is 1. The summed E-state index contributed by atoms with van der Waals surface area (Å²) in [5.74, 6) is 0.406. The second kappa shape index (κ2) is 6.64. The number of benzene rings is 1. The van der Waals surface area contributed by atoms with Crippen molar-refractivity contribution >= 4 is 27.7 Å². The molecular weight excluding hydrogens is 386 g/mol. The maximum Gasteiger partial charge on any atom is 0.256 e. The first-order valence-corrected chi connectivity index (χ1v) is 8.36. The average Bonchev–Trinajstić information content (AvgIpc) is 2.93. The van der Waals surface area contributed by atoms with E-state index in [1.807, 2.05) is 0 Å². The van der Waals surface area contributed by atoms with Crippen molar-refractivity contribution < 1.29 is 4.79 Å². The van der Waals surface area contributed by atoms with Crippen LogP contribution in [0, 0.1) is 20.8 Å². The number of aromatic amines is 1. The van der Waals surface area contributed by atoms with Crippen LogP contribution in [0.25, 0.3) is 5.95 Å². The van der Waals surface area contributed by atoms with Crippen molar-refractivity contribution in [3.63, 3.8) is 0 Å². The molecule has 0 bridgehead atoms. The van der Waals surface area contributed by atoms with Gasteiger partial charge in [0.1, 0.15) is 5.82 Å². The van der Waals surface area contributed by atoms with Crippen molar-refractivity contribution in [2.45, 2.75) is 20.8 Å². The summed E-state index contributed by atoms with van der Waals surface area (Å²) in [6, 6.07) is 8.72. The fourth-order valence-electron chi connectivity index (χ4n) is 2.27. The molecule has 1 amide bonds. The molecule has 3 rings (SSSR count). The van der Waals surface area contributed by atoms with Crippen LogP contribution in [-0.4, -0.2) is 25.7 Å². The Morgan fingerprint density at radius 2 is 1.88 bits per heavy atom. The number of carbonyl (C=O) groups is 1. The third-order valence-electron chi connectivity index (χ3n) is 3.76. The molecule has 0 spiro atoms. The number of nitrogens with zero attached hydrogens (tertiary/aromatic N) is 3. The number of aryl methyl sites for hydroxylation is 2. The van der Waals surface area contributed by atoms with Crippen LogP contribution < -0.4 is 10.9 Å². The van der Waals surface area contributed by atoms with Crippen molar-refractivity contribution in [2.24, 2.45) is 0 Å². The average molecular weight is 402 g/mol. The van der Waals surface area contributed by atoms with Crippen LogP contribution in [0.2, 0.25) is 0 Å². The summed E-state index contributed by atoms with van der Waals surface area (Å²) < 4.78 is 2.31. The molecule has 2 aromatic heterocycles. The maximum atomic E-state index is 12.4. The fourth-order valence-corrected chi connectivity index (χ4v) is 2.53. The first kappa shape index (κ1) is 17.1. The minimum atomic E-state index is -0.278. The van der Waals surface area contributed by atoms with Gasteiger partial charge < -0.3 is 5.32 Å². The molecule has 0 saturated heterocycles. The van der Waals surface area contributed by atoms with E-state index in [1.165, 1.54) is 4.68 Å². The van der Waals surface area contributed by atoms with Gasteiger partial charge in [0.2, 0.25) is 5.95 Å². The summed E-state index contributed by atoms with van der Waals surface area (Å²) in [6.07, 6.45) is 0. The van der Waals surface area contributed by atoms with Gasteiger partial charge in [0, 0.05) is 27.4 Å². The van der Waals surface area contributed by atoms with Gasteiger partial charge in [-0.3, -0.25) is 14.6 Å². The summed E-state index contributed by atoms with van der Waals surface area (Å²) in [7, 11) is 0. The number of hydrogen-bond donors (Lipinski definition) is 2. The number of aromatic nitrogens is 4. The topological polar surface area (TPSA) is 92.7 Å². The predicted molar refractivity (Wildman–Crippen MR) is 98.3 cm³/mol. The molecule has 2 N–H and O–H groups in total. The zero-order chi connectivity index (χ0) is 18.1. The Morgan fingerprint density at radius 3 is 2.52 bits per heavy atom. The fraction of sp³-hybridized carbons (Fsp3) is 0.176. The summed E-state index contributed by atoms with van der Waals surface area (Å²) in [5, 5.41) is 7.12. The first-order chi connectivity index (χ1) is 11.8. The molecule has 0 radical (unpaired) electrons. The Morgan fingerprint density at radius 1 is 1.20 bits per heavy atom. The van der Waals surface area contributed by atoms with E-state index in [1.54, 1.807) is 51.1 Å². The minimum Gasteiger partial charge on any atom is -0.306 e. The lowest BCUT2D eigenvalue weighted by atomic mass is 10.2. The standard InChI is InChI=1S/C17H16BrN5O2/c1-9-8-14(20-16(25)12-4-6-13(18)7-5-12)23(22-9)17-19-11(3)10(2)15(24)21-17/h4-8H,1-3H3,(H,20,25)(H,19,21,24). The predicted octanol–water partition coefficient (Wildman–Crippen LogP) is 2.90. The lowest BCUT2D eigenvalue weighted by molar-refractivity contribution is 0.102. The smallest absolute Gasteiger partial charge is 0.256 e. The highest BCUT2D eigenvalue weighted by Crippen LogP contribution is 2.17. The Labute approximate surface area is 152 Å². The lowest BCUT2D eigenvalue weighted by Gasteiger charge is -2.09. The van der Waals surface area contributed by atoms with Crippen LogP contribution in [0.1, 0.15) is 27.3 Å². The minimum absolute atomic E-state index is 0.235. The summed E-state index contributed by atoms with van der Waals surface area (Å²) in [5.41, 5.74) is 2.12. The van der Waals surface area contributed by atoms with Gasteiger partial charge in [-0.05, 0) is 45.0 Å². The van der Waals surface area contributed by atoms with E-state index in [9.17, 15) is 9.59 Å². The molecule has 8 heteroatoms. The molecule has 0 aliphatic carbocycles. The van der Waals surface area contributed by atoms with E-state index in [0.29, 0.717) is 28.3 Å². The third-order valence-corrected chi connectivity index (χ3v) is 4.29. The zero-order valence-electron chi connectivity index (χ0n) is 13.9. The summed E-state index contributed by atoms with van der Waals surface area (Å²) in [6.45, 7) is 5.25. The zero-order valence-corrected chi connectivity index (χ0v) is 15.5. The first-order valence-electron chi connectivity index (χ1n) is 7.56. The molecule has 1 aromatic carbocycles. The van der Waals surface area contributed by atoms with E-state index in [-0.39, 0.29) is 17.4 Å². The van der Waals surface area contributed by atoms with Crippen molar-refractivity contribution in [3.8, 4) is 5.95 Å². The van der Waals surface area contributed by atoms with Gasteiger partial charge in [-0.1, -0.05) is 15.9 Å². The van der Waals surface area contributed by atoms with Crippen molar-refractivity contribution in [2.75, 3.05) is 5.32 Å². The Kier molecular flexibility index (Phi) is 4.54. The molecule has 7 nitrogen and oxygen atoms in total. The number of halogens is 1. The van der Waals surface area contributed by atoms with Gasteiger partial charge in [0.25, 0.3) is 11.5 Å². The third kappa shape index (κ3) is 3.53. The highest BCUT2D eigenvalue weighted by molar-refractivity contribution is 9.10. The van der Waals surface area contributed by atoms with Crippen molar-refractivity contribution in [1.29, 1.82) is 0 Å². The second-order valence-electron chi connectivity index (χ2n) is 5.64. The monoisotopic (exact) mass is 401 g/mol. The summed E-state index contributed by atoms with van der Waals surface area (Å²) in [4.78, 5) is 31.5. The summed E-state index contributed by atoms with van der Waals surface area (Å²) >= 11 is 3.34. The van der Waals surface area contributed by atoms with Crippen LogP contribution in [0.3, 0.4) is 0 Å². The van der Waals surface area contributed by atoms with Crippen LogP contribution >= 0.6 is 15.9 Å². The molecule has 0 saturated carbocycles. The van der Waals surface area contributed by atoms with Gasteiger partial charge in [-0.2, -0.15) is 9.78 Å². The highest BCUT2D eigenvalue weighted by atomic mass is 79.9. The van der Waals surface area contributed by atoms with E-state index in [2.05, 4.69) is 36.3 Å². The highest BCUT2D eigenvalue weighted by Gasteiger charge is 2.15. The van der Waals surface area contributed by atoms with Gasteiger partial charge >= 0.3 is 0 Å². The SMILES string of the molecule is Cc1cc(NC(=O)c2ccc(Br)cc2)n(-c2nc(C)c(C)c(=O)[nH]2)n1. The molecule has 0 fully saturated rings. The Hall–Kier alpha value is -2.74. The maximum absolute atomic E-state index is 12.4. The van der Waals surface area contributed by atoms with E-state index < -0.39 is 0 Å². The largest absolute Gasteiger partial charge is 0.306 e. The molecule has 2 heterocycles. The number of rotatable bonds is 3. The van der Waals surface area contributed by atoms with Crippen molar-refractivity contribution in [3.05, 3.63) is 67.7 Å². The quantitative estimate of drug-likeness (QED) is 0.705. The molecule has 0 aliphatic heterocycles. The Balaban J connectivity index is 1.98. The molecule has 128 valence electrons. The van der Waals surface area contributed by atoms with Gasteiger partial charge in [0.15, 0.2) is 0 Å². The van der Waals surface area contributed by atoms with E-state index in [0.717, 1.165) is 4.47 Å². The van der Waals surface area contributed by atoms with E-state index >= 15 is 0 Å². The van der Waals surface area contributed by atoms with Crippen LogP contribution in [0.15, 0.2) is 39.6 Å². The molecule has 3 aromatic rings. The number of anilines is 1. The van der Waals surface area contributed by atoms with Gasteiger partial charge in [-0.25, -0.2) is 4.98 Å². The van der Waals surface area contributed by atoms with Crippen LogP contribution in [-0.2, 0) is 0 Å². The Bertz CT molecular complexity index is 1000. The number of carbonyl (C=O) groups excluding carboxylic acids is 1. The number of nitrogens with one attached hydrogen (secondary N) is 2. The molecule has 0 aliphatic rings. The number of hydrogen-bond acceptors (Lipinski definition) is 4. The van der Waals surface area contributed by atoms with Crippen LogP contribution in [0.5, 0.6) is 0 Å². The lowest BCUT2D eigenvalue weighted by Crippen LogP contribution is -2.20. The second-order valence-corrected chi connectivity index (χ2v) is 6.56. The normalized spacial score (nSPS) is 10.7. The van der Waals surface area contributed by atoms with Gasteiger partial charge in [0.05, 0.1) is 5.69 Å². The van der Waals surface area contributed by atoms with Gasteiger partial charge in [-0.15, -0.1) is 0 Å². The molecule has 0 unspecified atom stereocenters.